The molecule has 4 nitrogen and oxygen atoms in total. The molecule has 1 amide bonds. The molecular formula is C26H22FNO3. The molecule has 0 aliphatic heterocycles. The number of carbonyl (C=O) groups is 1. The standard InChI is InChI=1S/C26H22FNO3/c1-26(2,3)18-8-4-17(5-9-18)25(30)28-20-12-13-23-21(14-20)22(29)15-24(31-23)16-6-10-19(27)11-7-16/h4-15H,1-3H3,(H,28,30). The second-order valence-corrected chi connectivity index (χ2v) is 8.47. The molecule has 4 aromatic rings. The van der Waals surface area contributed by atoms with Crippen LogP contribution >= 0.6 is 0 Å². The van der Waals surface area contributed by atoms with Crippen LogP contribution < -0.4 is 10.7 Å². The Hall–Kier alpha value is -3.73. The Labute approximate surface area is 179 Å². The van der Waals surface area contributed by atoms with Crippen LogP contribution in [0.2, 0.25) is 0 Å². The van der Waals surface area contributed by atoms with Crippen molar-refractivity contribution in [1.29, 1.82) is 0 Å². The summed E-state index contributed by atoms with van der Waals surface area (Å²) in [5, 5.41) is 3.18. The van der Waals surface area contributed by atoms with Crippen molar-refractivity contribution in [3.63, 3.8) is 0 Å². The Morgan fingerprint density at radius 2 is 1.58 bits per heavy atom. The van der Waals surface area contributed by atoms with Gasteiger partial charge in [-0.05, 0) is 65.6 Å². The van der Waals surface area contributed by atoms with E-state index in [9.17, 15) is 14.0 Å². The van der Waals surface area contributed by atoms with Crippen molar-refractivity contribution in [2.75, 3.05) is 5.32 Å². The summed E-state index contributed by atoms with van der Waals surface area (Å²) in [6.07, 6.45) is 0. The molecule has 0 spiro atoms. The zero-order valence-electron chi connectivity index (χ0n) is 17.5. The summed E-state index contributed by atoms with van der Waals surface area (Å²) in [5.41, 5.74) is 2.94. The second-order valence-electron chi connectivity index (χ2n) is 8.47. The van der Waals surface area contributed by atoms with Crippen LogP contribution in [-0.2, 0) is 5.41 Å². The molecule has 1 aromatic heterocycles. The number of amides is 1. The fourth-order valence-corrected chi connectivity index (χ4v) is 3.32. The van der Waals surface area contributed by atoms with Crippen LogP contribution in [0.1, 0.15) is 36.7 Å². The van der Waals surface area contributed by atoms with Gasteiger partial charge in [0, 0.05) is 22.9 Å². The van der Waals surface area contributed by atoms with Crippen LogP contribution in [0.15, 0.2) is 82.0 Å². The van der Waals surface area contributed by atoms with Crippen molar-refractivity contribution in [2.45, 2.75) is 26.2 Å². The summed E-state index contributed by atoms with van der Waals surface area (Å²) >= 11 is 0. The molecule has 0 aliphatic rings. The third-order valence-electron chi connectivity index (χ3n) is 5.13. The lowest BCUT2D eigenvalue weighted by molar-refractivity contribution is 0.102. The lowest BCUT2D eigenvalue weighted by Crippen LogP contribution is -2.14. The van der Waals surface area contributed by atoms with Crippen LogP contribution in [0.4, 0.5) is 10.1 Å². The summed E-state index contributed by atoms with van der Waals surface area (Å²) in [6, 6.07) is 19.5. The molecule has 0 atom stereocenters. The predicted molar refractivity (Wildman–Crippen MR) is 121 cm³/mol. The van der Waals surface area contributed by atoms with Crippen LogP contribution in [0.25, 0.3) is 22.3 Å². The maximum Gasteiger partial charge on any atom is 0.255 e. The quantitative estimate of drug-likeness (QED) is 0.437. The smallest absolute Gasteiger partial charge is 0.255 e. The van der Waals surface area contributed by atoms with Crippen molar-refractivity contribution >= 4 is 22.6 Å². The first kappa shape index (κ1) is 20.5. The lowest BCUT2D eigenvalue weighted by Gasteiger charge is -2.19. The SMILES string of the molecule is CC(C)(C)c1ccc(C(=O)Nc2ccc3oc(-c4ccc(F)cc4)cc(=O)c3c2)cc1. The van der Waals surface area contributed by atoms with Gasteiger partial charge in [0.1, 0.15) is 17.2 Å². The summed E-state index contributed by atoms with van der Waals surface area (Å²) in [4.78, 5) is 25.3. The Bertz CT molecular complexity index is 1310. The maximum atomic E-state index is 13.2. The predicted octanol–water partition coefficient (Wildman–Crippen LogP) is 6.15. The normalized spacial score (nSPS) is 11.5. The first-order valence-corrected chi connectivity index (χ1v) is 9.96. The Kier molecular flexibility index (Phi) is 5.19. The molecule has 0 aliphatic carbocycles. The first-order valence-electron chi connectivity index (χ1n) is 9.96. The van der Waals surface area contributed by atoms with E-state index in [-0.39, 0.29) is 22.6 Å². The number of rotatable bonds is 3. The zero-order valence-corrected chi connectivity index (χ0v) is 17.5. The molecule has 0 unspecified atom stereocenters. The van der Waals surface area contributed by atoms with Gasteiger partial charge in [0.05, 0.1) is 5.39 Å². The highest BCUT2D eigenvalue weighted by Crippen LogP contribution is 2.25. The fraction of sp³-hybridized carbons (Fsp3) is 0.154. The van der Waals surface area contributed by atoms with Gasteiger partial charge < -0.3 is 9.73 Å². The van der Waals surface area contributed by atoms with Crippen molar-refractivity contribution < 1.29 is 13.6 Å². The topological polar surface area (TPSA) is 59.3 Å². The van der Waals surface area contributed by atoms with Crippen LogP contribution in [0.3, 0.4) is 0 Å². The van der Waals surface area contributed by atoms with Gasteiger partial charge in [0.15, 0.2) is 5.43 Å². The summed E-state index contributed by atoms with van der Waals surface area (Å²) in [6.45, 7) is 6.35. The molecule has 1 N–H and O–H groups in total. The van der Waals surface area contributed by atoms with Gasteiger partial charge in [-0.25, -0.2) is 4.39 Å². The highest BCUT2D eigenvalue weighted by molar-refractivity contribution is 6.05. The largest absolute Gasteiger partial charge is 0.456 e. The van der Waals surface area contributed by atoms with Gasteiger partial charge in [-0.2, -0.15) is 0 Å². The lowest BCUT2D eigenvalue weighted by atomic mass is 9.87. The minimum atomic E-state index is -0.361. The molecule has 156 valence electrons. The number of hydrogen-bond acceptors (Lipinski definition) is 3. The third kappa shape index (κ3) is 4.40. The zero-order chi connectivity index (χ0) is 22.2. The number of carbonyl (C=O) groups excluding carboxylic acids is 1. The minimum Gasteiger partial charge on any atom is -0.456 e. The average molecular weight is 415 g/mol. The highest BCUT2D eigenvalue weighted by atomic mass is 19.1. The average Bonchev–Trinajstić information content (AvgIpc) is 2.74. The molecule has 3 aromatic carbocycles. The van der Waals surface area contributed by atoms with Crippen LogP contribution in [0, 0.1) is 5.82 Å². The van der Waals surface area contributed by atoms with Crippen molar-refractivity contribution in [3.8, 4) is 11.3 Å². The van der Waals surface area contributed by atoms with E-state index >= 15 is 0 Å². The molecule has 0 saturated heterocycles. The van der Waals surface area contributed by atoms with E-state index in [0.717, 1.165) is 5.56 Å². The minimum absolute atomic E-state index is 0.00808. The number of nitrogens with one attached hydrogen (secondary N) is 1. The maximum absolute atomic E-state index is 13.2. The molecule has 5 heteroatoms. The monoisotopic (exact) mass is 415 g/mol. The number of fused-ring (bicyclic) bond motifs is 1. The Morgan fingerprint density at radius 1 is 0.903 bits per heavy atom. The first-order chi connectivity index (χ1) is 14.7. The molecular weight excluding hydrogens is 393 g/mol. The van der Waals surface area contributed by atoms with E-state index in [0.29, 0.717) is 33.5 Å². The molecule has 4 rings (SSSR count). The van der Waals surface area contributed by atoms with Gasteiger partial charge in [-0.1, -0.05) is 32.9 Å². The van der Waals surface area contributed by atoms with Crippen molar-refractivity contribution in [1.82, 2.24) is 0 Å². The number of benzene rings is 3. The van der Waals surface area contributed by atoms with Gasteiger partial charge in [0.2, 0.25) is 0 Å². The Morgan fingerprint density at radius 3 is 2.23 bits per heavy atom. The molecule has 0 bridgehead atoms. The summed E-state index contributed by atoms with van der Waals surface area (Å²) in [7, 11) is 0. The molecule has 31 heavy (non-hydrogen) atoms. The fourth-order valence-electron chi connectivity index (χ4n) is 3.32. The molecule has 0 fully saturated rings. The van der Waals surface area contributed by atoms with Crippen molar-refractivity contribution in [3.05, 3.63) is 100.0 Å². The third-order valence-corrected chi connectivity index (χ3v) is 5.13. The number of halogens is 1. The number of hydrogen-bond donors (Lipinski definition) is 1. The molecule has 1 heterocycles. The van der Waals surface area contributed by atoms with Gasteiger partial charge in [0.25, 0.3) is 5.91 Å². The highest BCUT2D eigenvalue weighted by Gasteiger charge is 2.15. The van der Waals surface area contributed by atoms with E-state index in [1.807, 2.05) is 12.1 Å². The number of anilines is 1. The van der Waals surface area contributed by atoms with Crippen LogP contribution in [-0.4, -0.2) is 5.91 Å². The van der Waals surface area contributed by atoms with E-state index < -0.39 is 0 Å². The summed E-state index contributed by atoms with van der Waals surface area (Å²) < 4.78 is 19.0. The summed E-state index contributed by atoms with van der Waals surface area (Å²) in [5.74, 6) is -0.263. The molecule has 0 saturated carbocycles. The van der Waals surface area contributed by atoms with Crippen molar-refractivity contribution in [2.24, 2.45) is 0 Å². The van der Waals surface area contributed by atoms with Gasteiger partial charge >= 0.3 is 0 Å². The Balaban J connectivity index is 1.60. The van der Waals surface area contributed by atoms with E-state index in [1.54, 1.807) is 42.5 Å². The second kappa shape index (κ2) is 7.84. The van der Waals surface area contributed by atoms with Gasteiger partial charge in [-0.15, -0.1) is 0 Å². The van der Waals surface area contributed by atoms with E-state index in [1.165, 1.54) is 18.2 Å². The van der Waals surface area contributed by atoms with Crippen LogP contribution in [0.5, 0.6) is 0 Å². The van der Waals surface area contributed by atoms with E-state index in [4.69, 9.17) is 4.42 Å². The van der Waals surface area contributed by atoms with Gasteiger partial charge in [-0.3, -0.25) is 9.59 Å². The van der Waals surface area contributed by atoms with E-state index in [2.05, 4.69) is 26.1 Å². The molecule has 0 radical (unpaired) electrons.